The van der Waals surface area contributed by atoms with E-state index in [1.165, 1.54) is 11.1 Å². The molecule has 27 heavy (non-hydrogen) atoms. The van der Waals surface area contributed by atoms with E-state index in [9.17, 15) is 4.79 Å². The smallest absolute Gasteiger partial charge is 0.278 e. The van der Waals surface area contributed by atoms with E-state index in [1.807, 2.05) is 49.4 Å². The summed E-state index contributed by atoms with van der Waals surface area (Å²) in [5, 5.41) is 6.78. The minimum absolute atomic E-state index is 0.218. The first-order chi connectivity index (χ1) is 13.0. The average molecular weight is 364 g/mol. The van der Waals surface area contributed by atoms with Crippen molar-refractivity contribution in [1.29, 1.82) is 0 Å². The van der Waals surface area contributed by atoms with Crippen LogP contribution in [0.25, 0.3) is 0 Å². The van der Waals surface area contributed by atoms with Gasteiger partial charge in [0.25, 0.3) is 5.91 Å². The summed E-state index contributed by atoms with van der Waals surface area (Å²) in [4.78, 5) is 12.6. The Hall–Kier alpha value is -3.08. The molecule has 0 spiro atoms. The molecule has 0 aliphatic rings. The molecule has 0 fully saturated rings. The largest absolute Gasteiger partial charge is 0.489 e. The number of nitrogens with zero attached hydrogens (tertiary/aromatic N) is 1. The molecule has 0 unspecified atom stereocenters. The van der Waals surface area contributed by atoms with Crippen molar-refractivity contribution in [3.8, 4) is 5.75 Å². The van der Waals surface area contributed by atoms with E-state index in [1.54, 1.807) is 6.92 Å². The molecule has 140 valence electrons. The van der Waals surface area contributed by atoms with E-state index in [2.05, 4.69) is 24.3 Å². The van der Waals surface area contributed by atoms with Crippen LogP contribution >= 0.6 is 0 Å². The summed E-state index contributed by atoms with van der Waals surface area (Å²) in [7, 11) is 0. The number of anilines is 1. The molecule has 1 heterocycles. The molecule has 0 saturated carbocycles. The highest BCUT2D eigenvalue weighted by Crippen LogP contribution is 2.21. The van der Waals surface area contributed by atoms with E-state index in [0.717, 1.165) is 23.4 Å². The van der Waals surface area contributed by atoms with Gasteiger partial charge < -0.3 is 14.6 Å². The van der Waals surface area contributed by atoms with Gasteiger partial charge in [0.2, 0.25) is 0 Å². The maximum Gasteiger partial charge on any atom is 0.278 e. The fraction of sp³-hybridized carbons (Fsp3) is 0.273. The molecule has 1 aromatic heterocycles. The van der Waals surface area contributed by atoms with Crippen LogP contribution in [0.3, 0.4) is 0 Å². The lowest BCUT2D eigenvalue weighted by molar-refractivity contribution is 0.101. The molecule has 5 heteroatoms. The first-order valence-corrected chi connectivity index (χ1v) is 9.03. The highest BCUT2D eigenvalue weighted by molar-refractivity contribution is 6.03. The predicted octanol–water partition coefficient (Wildman–Crippen LogP) is 4.99. The van der Waals surface area contributed by atoms with Crippen LogP contribution in [0.4, 0.5) is 5.69 Å². The van der Waals surface area contributed by atoms with Gasteiger partial charge in [-0.3, -0.25) is 4.79 Å². The Balaban J connectivity index is 1.72. The van der Waals surface area contributed by atoms with E-state index in [4.69, 9.17) is 9.26 Å². The molecule has 0 saturated heterocycles. The van der Waals surface area contributed by atoms with Crippen LogP contribution in [0.15, 0.2) is 47.0 Å². The molecule has 0 aliphatic heterocycles. The minimum atomic E-state index is -0.310. The monoisotopic (exact) mass is 364 g/mol. The lowest BCUT2D eigenvalue weighted by atomic mass is 10.1. The quantitative estimate of drug-likeness (QED) is 0.669. The molecule has 3 aromatic rings. The van der Waals surface area contributed by atoms with E-state index in [-0.39, 0.29) is 18.2 Å². The highest BCUT2D eigenvalue weighted by atomic mass is 16.5. The van der Waals surface area contributed by atoms with Crippen molar-refractivity contribution in [3.63, 3.8) is 0 Å². The molecule has 2 aromatic carbocycles. The zero-order valence-electron chi connectivity index (χ0n) is 16.1. The van der Waals surface area contributed by atoms with Gasteiger partial charge in [0.1, 0.15) is 18.1 Å². The number of nitrogens with one attached hydrogen (secondary N) is 1. The molecule has 0 bridgehead atoms. The molecule has 1 N–H and O–H groups in total. The van der Waals surface area contributed by atoms with Gasteiger partial charge in [0.05, 0.1) is 5.56 Å². The number of aryl methyl sites for hydroxylation is 4. The van der Waals surface area contributed by atoms with Crippen LogP contribution in [0.2, 0.25) is 0 Å². The number of carbonyl (C=O) groups excluding carboxylic acids is 1. The second-order valence-corrected chi connectivity index (χ2v) is 6.61. The van der Waals surface area contributed by atoms with Gasteiger partial charge in [-0.1, -0.05) is 30.3 Å². The van der Waals surface area contributed by atoms with Gasteiger partial charge in [-0.05, 0) is 68.1 Å². The molecule has 0 radical (unpaired) electrons. The summed E-state index contributed by atoms with van der Waals surface area (Å²) in [6.45, 7) is 8.18. The summed E-state index contributed by atoms with van der Waals surface area (Å²) < 4.78 is 11.1. The fourth-order valence-corrected chi connectivity index (χ4v) is 2.71. The van der Waals surface area contributed by atoms with Crippen molar-refractivity contribution < 1.29 is 14.1 Å². The molecule has 0 aliphatic carbocycles. The predicted molar refractivity (Wildman–Crippen MR) is 105 cm³/mol. The van der Waals surface area contributed by atoms with Crippen LogP contribution in [0.1, 0.15) is 45.4 Å². The van der Waals surface area contributed by atoms with Crippen molar-refractivity contribution in [2.45, 2.75) is 40.7 Å². The summed E-state index contributed by atoms with van der Waals surface area (Å²) in [6.07, 6.45) is 0.955. The van der Waals surface area contributed by atoms with Crippen molar-refractivity contribution in [2.24, 2.45) is 0 Å². The van der Waals surface area contributed by atoms with Gasteiger partial charge in [0, 0.05) is 5.69 Å². The summed E-state index contributed by atoms with van der Waals surface area (Å²) in [5.41, 5.74) is 5.19. The van der Waals surface area contributed by atoms with Crippen molar-refractivity contribution in [2.75, 3.05) is 5.32 Å². The Kier molecular flexibility index (Phi) is 5.60. The topological polar surface area (TPSA) is 64.4 Å². The van der Waals surface area contributed by atoms with Crippen molar-refractivity contribution >= 4 is 11.6 Å². The molecule has 0 atom stereocenters. The summed E-state index contributed by atoms with van der Waals surface area (Å²) >= 11 is 0. The number of rotatable bonds is 6. The molecular formula is C22H24N2O3. The molecule has 3 rings (SSSR count). The van der Waals surface area contributed by atoms with Gasteiger partial charge in [0.15, 0.2) is 5.69 Å². The lowest BCUT2D eigenvalue weighted by Gasteiger charge is -2.09. The average Bonchev–Trinajstić information content (AvgIpc) is 3.04. The fourth-order valence-electron chi connectivity index (χ4n) is 2.71. The normalized spacial score (nSPS) is 10.7. The number of ether oxygens (including phenoxy) is 1. The molecule has 1 amide bonds. The second kappa shape index (κ2) is 8.08. The maximum absolute atomic E-state index is 12.6. The van der Waals surface area contributed by atoms with E-state index in [0.29, 0.717) is 11.3 Å². The molecular weight excluding hydrogens is 340 g/mol. The van der Waals surface area contributed by atoms with Crippen LogP contribution < -0.4 is 10.1 Å². The third kappa shape index (κ3) is 4.37. The Labute approximate surface area is 159 Å². The van der Waals surface area contributed by atoms with Crippen LogP contribution in [0.5, 0.6) is 5.75 Å². The molecule has 5 nitrogen and oxygen atoms in total. The van der Waals surface area contributed by atoms with Crippen LogP contribution in [-0.4, -0.2) is 11.1 Å². The van der Waals surface area contributed by atoms with Crippen molar-refractivity contribution in [3.05, 3.63) is 76.2 Å². The standard InChI is InChI=1S/C22H24N2O3/c1-5-17-7-9-18(10-8-17)23-22(25)21-20(16(4)27-24-21)13-26-19-11-6-14(2)15(3)12-19/h6-12H,5,13H2,1-4H3,(H,23,25). The van der Waals surface area contributed by atoms with Gasteiger partial charge in [-0.25, -0.2) is 0 Å². The highest BCUT2D eigenvalue weighted by Gasteiger charge is 2.20. The summed E-state index contributed by atoms with van der Waals surface area (Å²) in [6, 6.07) is 13.7. The third-order valence-corrected chi connectivity index (χ3v) is 4.68. The van der Waals surface area contributed by atoms with Crippen molar-refractivity contribution in [1.82, 2.24) is 5.16 Å². The number of aromatic nitrogens is 1. The third-order valence-electron chi connectivity index (χ3n) is 4.68. The Morgan fingerprint density at radius 2 is 1.81 bits per heavy atom. The van der Waals surface area contributed by atoms with E-state index >= 15 is 0 Å². The number of hydrogen-bond acceptors (Lipinski definition) is 4. The second-order valence-electron chi connectivity index (χ2n) is 6.61. The lowest BCUT2D eigenvalue weighted by Crippen LogP contribution is -2.15. The van der Waals surface area contributed by atoms with E-state index < -0.39 is 0 Å². The first kappa shape index (κ1) is 18.7. The maximum atomic E-state index is 12.6. The van der Waals surface area contributed by atoms with Gasteiger partial charge >= 0.3 is 0 Å². The Morgan fingerprint density at radius 3 is 2.48 bits per heavy atom. The summed E-state index contributed by atoms with van der Waals surface area (Å²) in [5.74, 6) is 1.01. The Bertz CT molecular complexity index is 943. The zero-order valence-corrected chi connectivity index (χ0v) is 16.1. The van der Waals surface area contributed by atoms with Crippen LogP contribution in [-0.2, 0) is 13.0 Å². The van der Waals surface area contributed by atoms with Crippen LogP contribution in [0, 0.1) is 20.8 Å². The Morgan fingerprint density at radius 1 is 1.07 bits per heavy atom. The SMILES string of the molecule is CCc1ccc(NC(=O)c2noc(C)c2COc2ccc(C)c(C)c2)cc1. The number of carbonyl (C=O) groups is 1. The number of amides is 1. The zero-order chi connectivity index (χ0) is 19.4. The van der Waals surface area contributed by atoms with Gasteiger partial charge in [-0.2, -0.15) is 0 Å². The minimum Gasteiger partial charge on any atom is -0.489 e. The first-order valence-electron chi connectivity index (χ1n) is 9.03. The van der Waals surface area contributed by atoms with Gasteiger partial charge in [-0.15, -0.1) is 0 Å². The number of benzene rings is 2. The number of hydrogen-bond donors (Lipinski definition) is 1.